The van der Waals surface area contributed by atoms with Crippen LogP contribution in [0.5, 0.6) is 11.5 Å². The van der Waals surface area contributed by atoms with Crippen LogP contribution in [0.2, 0.25) is 0 Å². The fraction of sp³-hybridized carbons (Fsp3) is 0.375. The maximum Gasteiger partial charge on any atom is 0.326 e. The fourth-order valence-corrected chi connectivity index (χ4v) is 2.41. The van der Waals surface area contributed by atoms with Crippen molar-refractivity contribution in [2.24, 2.45) is 0 Å². The highest BCUT2D eigenvalue weighted by Gasteiger charge is 2.32. The predicted molar refractivity (Wildman–Crippen MR) is 89.6 cm³/mol. The molecule has 0 fully saturated rings. The first-order valence-corrected chi connectivity index (χ1v) is 7.87. The first-order chi connectivity index (χ1) is 12.8. The molecule has 1 heterocycles. The van der Waals surface area contributed by atoms with E-state index in [0.29, 0.717) is 0 Å². The lowest BCUT2D eigenvalue weighted by molar-refractivity contribution is -0.386. The topological polar surface area (TPSA) is 155 Å². The number of hydrogen-bond acceptors (Lipinski definition) is 10. The molecule has 1 aromatic carbocycles. The van der Waals surface area contributed by atoms with Crippen molar-refractivity contribution in [3.05, 3.63) is 27.6 Å². The molecule has 1 aromatic heterocycles. The molecule has 0 bridgehead atoms. The van der Waals surface area contributed by atoms with E-state index in [9.17, 15) is 24.8 Å². The number of ether oxygens (including phenoxy) is 2. The number of aryl methyl sites for hydroxylation is 1. The fourth-order valence-electron chi connectivity index (χ4n) is 2.41. The lowest BCUT2D eigenvalue weighted by atomic mass is 10.00. The summed E-state index contributed by atoms with van der Waals surface area (Å²) in [6.45, 7) is 3.03. The molecule has 11 heteroatoms. The molecular weight excluding hydrogens is 362 g/mol. The molecule has 0 aliphatic heterocycles. The van der Waals surface area contributed by atoms with Gasteiger partial charge in [-0.3, -0.25) is 19.7 Å². The number of aromatic hydroxyl groups is 1. The second-order valence-corrected chi connectivity index (χ2v) is 5.33. The van der Waals surface area contributed by atoms with Crippen molar-refractivity contribution in [1.82, 2.24) is 10.1 Å². The Morgan fingerprint density at radius 2 is 2.11 bits per heavy atom. The van der Waals surface area contributed by atoms with Gasteiger partial charge >= 0.3 is 11.7 Å². The van der Waals surface area contributed by atoms with Gasteiger partial charge in [0.15, 0.2) is 11.5 Å². The number of nitro benzene ring substituents is 1. The molecule has 0 aliphatic carbocycles. The molecule has 144 valence electrons. The largest absolute Gasteiger partial charge is 0.499 e. The summed E-state index contributed by atoms with van der Waals surface area (Å²) in [6.07, 6.45) is 0.104. The van der Waals surface area contributed by atoms with E-state index in [1.807, 2.05) is 0 Å². The molecule has 0 saturated carbocycles. The van der Waals surface area contributed by atoms with Gasteiger partial charge in [-0.05, 0) is 19.9 Å². The molecular formula is C16H17N3O8. The number of carbonyl (C=O) groups is 2. The van der Waals surface area contributed by atoms with Gasteiger partial charge in [0.2, 0.25) is 17.5 Å². The Hall–Kier alpha value is -3.50. The number of benzene rings is 1. The Balaban J connectivity index is 2.49. The Bertz CT molecular complexity index is 890. The third kappa shape index (κ3) is 4.19. The molecule has 1 N–H and O–H groups in total. The first-order valence-electron chi connectivity index (χ1n) is 7.87. The number of hydrogen-bond donors (Lipinski definition) is 1. The lowest BCUT2D eigenvalue weighted by Crippen LogP contribution is -2.06. The molecule has 0 saturated heterocycles. The summed E-state index contributed by atoms with van der Waals surface area (Å²) >= 11 is 0. The van der Waals surface area contributed by atoms with Crippen LogP contribution in [-0.4, -0.2) is 45.6 Å². The van der Waals surface area contributed by atoms with Gasteiger partial charge in [0.1, 0.15) is 5.56 Å². The van der Waals surface area contributed by atoms with Crippen LogP contribution in [0.3, 0.4) is 0 Å². The SMILES string of the molecule is CCOC(=O)CCc1nc(-c2cc(OC)c(O)c([N+](=O)[O-])c2C(C)=O)no1. The summed E-state index contributed by atoms with van der Waals surface area (Å²) in [5.74, 6) is -2.14. The van der Waals surface area contributed by atoms with E-state index >= 15 is 0 Å². The van der Waals surface area contributed by atoms with Crippen LogP contribution < -0.4 is 4.74 Å². The van der Waals surface area contributed by atoms with E-state index < -0.39 is 28.1 Å². The zero-order valence-corrected chi connectivity index (χ0v) is 14.8. The second kappa shape index (κ2) is 8.25. The van der Waals surface area contributed by atoms with Crippen LogP contribution in [0.4, 0.5) is 5.69 Å². The summed E-state index contributed by atoms with van der Waals surface area (Å²) in [4.78, 5) is 37.9. The Morgan fingerprint density at radius 3 is 2.67 bits per heavy atom. The van der Waals surface area contributed by atoms with Gasteiger partial charge in [-0.1, -0.05) is 5.16 Å². The highest BCUT2D eigenvalue weighted by Crippen LogP contribution is 2.43. The minimum atomic E-state index is -0.889. The smallest absolute Gasteiger partial charge is 0.326 e. The number of phenolic OH excluding ortho intramolecular Hbond substituents is 1. The summed E-state index contributed by atoms with van der Waals surface area (Å²) < 4.78 is 14.8. The average molecular weight is 379 g/mol. The molecule has 0 aliphatic rings. The van der Waals surface area contributed by atoms with Crippen LogP contribution in [-0.2, 0) is 16.0 Å². The van der Waals surface area contributed by atoms with Crippen molar-refractivity contribution in [3.63, 3.8) is 0 Å². The number of Topliss-reactive ketones (excluding diaryl/α,β-unsaturated/α-hetero) is 1. The van der Waals surface area contributed by atoms with Crippen LogP contribution in [0.25, 0.3) is 11.4 Å². The summed E-state index contributed by atoms with van der Waals surface area (Å²) in [6, 6.07) is 1.21. The summed E-state index contributed by atoms with van der Waals surface area (Å²) in [5, 5.41) is 25.1. The van der Waals surface area contributed by atoms with Crippen molar-refractivity contribution in [3.8, 4) is 22.9 Å². The van der Waals surface area contributed by atoms with Crippen molar-refractivity contribution in [2.45, 2.75) is 26.7 Å². The number of aromatic nitrogens is 2. The second-order valence-electron chi connectivity index (χ2n) is 5.33. The summed E-state index contributed by atoms with van der Waals surface area (Å²) in [7, 11) is 1.21. The number of ketones is 1. The molecule has 11 nitrogen and oxygen atoms in total. The van der Waals surface area contributed by atoms with Gasteiger partial charge in [0.25, 0.3) is 0 Å². The van der Waals surface area contributed by atoms with Crippen molar-refractivity contribution < 1.29 is 33.6 Å². The van der Waals surface area contributed by atoms with Gasteiger partial charge in [-0.15, -0.1) is 0 Å². The van der Waals surface area contributed by atoms with E-state index in [2.05, 4.69) is 10.1 Å². The Morgan fingerprint density at radius 1 is 1.41 bits per heavy atom. The van der Waals surface area contributed by atoms with Crippen LogP contribution >= 0.6 is 0 Å². The third-order valence-electron chi connectivity index (χ3n) is 3.55. The van der Waals surface area contributed by atoms with Gasteiger partial charge < -0.3 is 19.1 Å². The number of methoxy groups -OCH3 is 1. The van der Waals surface area contributed by atoms with Crippen molar-refractivity contribution in [1.29, 1.82) is 0 Å². The number of phenols is 1. The standard InChI is InChI=1S/C16H17N3O8/c1-4-26-12(21)6-5-11-17-16(18-27-11)9-7-10(25-3)15(22)14(19(23)24)13(9)8(2)20/h7,22H,4-6H2,1-3H3. The van der Waals surface area contributed by atoms with Gasteiger partial charge in [-0.25, -0.2) is 0 Å². The van der Waals surface area contributed by atoms with Crippen molar-refractivity contribution in [2.75, 3.05) is 13.7 Å². The predicted octanol–water partition coefficient (Wildman–Crippen LogP) is 2.06. The number of carbonyl (C=O) groups excluding carboxylic acids is 2. The molecule has 0 unspecified atom stereocenters. The molecule has 0 atom stereocenters. The Kier molecular flexibility index (Phi) is 6.06. The zero-order chi connectivity index (χ0) is 20.1. The quantitative estimate of drug-likeness (QED) is 0.312. The minimum absolute atomic E-state index is 0.00802. The molecule has 27 heavy (non-hydrogen) atoms. The molecule has 0 radical (unpaired) electrons. The molecule has 2 aromatic rings. The van der Waals surface area contributed by atoms with E-state index in [4.69, 9.17) is 14.0 Å². The maximum atomic E-state index is 12.0. The third-order valence-corrected chi connectivity index (χ3v) is 3.55. The van der Waals surface area contributed by atoms with E-state index in [1.54, 1.807) is 6.92 Å². The van der Waals surface area contributed by atoms with Crippen molar-refractivity contribution >= 4 is 17.4 Å². The number of esters is 1. The monoisotopic (exact) mass is 379 g/mol. The molecule has 0 amide bonds. The van der Waals surface area contributed by atoms with Gasteiger partial charge in [0.05, 0.1) is 25.1 Å². The Labute approximate surface area is 153 Å². The highest BCUT2D eigenvalue weighted by atomic mass is 16.6. The van der Waals surface area contributed by atoms with Crippen LogP contribution in [0, 0.1) is 10.1 Å². The number of rotatable bonds is 8. The van der Waals surface area contributed by atoms with Crippen LogP contribution in [0.15, 0.2) is 10.6 Å². The average Bonchev–Trinajstić information content (AvgIpc) is 3.08. The van der Waals surface area contributed by atoms with Gasteiger partial charge in [0, 0.05) is 12.0 Å². The molecule has 0 spiro atoms. The first kappa shape index (κ1) is 19.8. The minimum Gasteiger partial charge on any atom is -0.499 e. The normalized spacial score (nSPS) is 10.5. The highest BCUT2D eigenvalue weighted by molar-refractivity contribution is 6.05. The van der Waals surface area contributed by atoms with Crippen LogP contribution in [0.1, 0.15) is 36.5 Å². The van der Waals surface area contributed by atoms with E-state index in [-0.39, 0.29) is 48.0 Å². The molecule has 2 rings (SSSR count). The van der Waals surface area contributed by atoms with Gasteiger partial charge in [-0.2, -0.15) is 4.98 Å². The number of nitrogens with zero attached hydrogens (tertiary/aromatic N) is 3. The summed E-state index contributed by atoms with van der Waals surface area (Å²) in [5.41, 5.74) is -1.22. The maximum absolute atomic E-state index is 12.0. The lowest BCUT2D eigenvalue weighted by Gasteiger charge is -2.10. The number of nitro groups is 1. The van der Waals surface area contributed by atoms with E-state index in [0.717, 1.165) is 6.92 Å². The zero-order valence-electron chi connectivity index (χ0n) is 14.8. The van der Waals surface area contributed by atoms with E-state index in [1.165, 1.54) is 13.2 Å².